The first-order chi connectivity index (χ1) is 8.22. The van der Waals surface area contributed by atoms with Crippen molar-refractivity contribution in [2.45, 2.75) is 6.04 Å². The number of imidazole rings is 2. The molecule has 0 radical (unpaired) electrons. The molecule has 0 aliphatic heterocycles. The highest BCUT2D eigenvalue weighted by atomic mass is 16.3. The van der Waals surface area contributed by atoms with Crippen molar-refractivity contribution < 1.29 is 5.11 Å². The van der Waals surface area contributed by atoms with Crippen molar-refractivity contribution in [2.75, 3.05) is 6.61 Å². The Bertz CT molecular complexity index is 682. The summed E-state index contributed by atoms with van der Waals surface area (Å²) >= 11 is 0. The minimum Gasteiger partial charge on any atom is -0.394 e. The molecular weight excluding hydrogens is 216 g/mol. The van der Waals surface area contributed by atoms with E-state index in [1.54, 1.807) is 0 Å². The fourth-order valence-corrected chi connectivity index (χ4v) is 2.13. The molecule has 0 saturated carbocycles. The lowest BCUT2D eigenvalue weighted by Gasteiger charge is -2.02. The number of nitrogens with zero attached hydrogens (tertiary/aromatic N) is 3. The molecule has 0 fully saturated rings. The molecule has 0 amide bonds. The highest BCUT2D eigenvalue weighted by Gasteiger charge is 2.14. The number of fused-ring (bicyclic) bond motifs is 3. The van der Waals surface area contributed by atoms with Gasteiger partial charge in [0.2, 0.25) is 5.78 Å². The highest BCUT2D eigenvalue weighted by Crippen LogP contribution is 2.21. The van der Waals surface area contributed by atoms with Gasteiger partial charge in [0.15, 0.2) is 0 Å². The predicted molar refractivity (Wildman–Crippen MR) is 65.7 cm³/mol. The average molecular weight is 230 g/mol. The maximum atomic E-state index is 9.05. The van der Waals surface area contributed by atoms with Gasteiger partial charge in [-0.3, -0.25) is 4.40 Å². The van der Waals surface area contributed by atoms with E-state index in [1.165, 1.54) is 0 Å². The highest BCUT2D eigenvalue weighted by molar-refractivity contribution is 5.80. The van der Waals surface area contributed by atoms with Crippen LogP contribution >= 0.6 is 0 Å². The quantitative estimate of drug-likeness (QED) is 0.684. The second-order valence-corrected chi connectivity index (χ2v) is 4.17. The molecule has 2 heterocycles. The van der Waals surface area contributed by atoms with E-state index in [1.807, 2.05) is 40.4 Å². The third-order valence-electron chi connectivity index (χ3n) is 3.09. The molecule has 0 aliphatic rings. The Balaban J connectivity index is 2.34. The van der Waals surface area contributed by atoms with Gasteiger partial charge in [0.05, 0.1) is 29.4 Å². The number of aliphatic hydroxyl groups is 1. The molecule has 0 spiro atoms. The standard InChI is InChI=1S/C12H14N4O/c1-15-10-4-2-3-5-11(10)16-6-9(8(13)7-17)14-12(15)16/h2-6,8,17H,7,13H2,1H3. The molecular formula is C12H14N4O. The van der Waals surface area contributed by atoms with E-state index in [0.29, 0.717) is 5.69 Å². The van der Waals surface area contributed by atoms with Gasteiger partial charge in [-0.1, -0.05) is 12.1 Å². The monoisotopic (exact) mass is 230 g/mol. The summed E-state index contributed by atoms with van der Waals surface area (Å²) in [5.41, 5.74) is 8.70. The van der Waals surface area contributed by atoms with Crippen molar-refractivity contribution in [3.05, 3.63) is 36.2 Å². The zero-order valence-corrected chi connectivity index (χ0v) is 9.54. The fraction of sp³-hybridized carbons (Fsp3) is 0.250. The molecule has 0 bridgehead atoms. The smallest absolute Gasteiger partial charge is 0.214 e. The lowest BCUT2D eigenvalue weighted by molar-refractivity contribution is 0.266. The van der Waals surface area contributed by atoms with E-state index in [2.05, 4.69) is 11.1 Å². The summed E-state index contributed by atoms with van der Waals surface area (Å²) in [5, 5.41) is 9.05. The van der Waals surface area contributed by atoms with Crippen LogP contribution in [0.4, 0.5) is 0 Å². The zero-order chi connectivity index (χ0) is 12.0. The van der Waals surface area contributed by atoms with Crippen LogP contribution in [0, 0.1) is 0 Å². The minimum absolute atomic E-state index is 0.0954. The maximum Gasteiger partial charge on any atom is 0.214 e. The third kappa shape index (κ3) is 1.36. The number of aliphatic hydroxyl groups excluding tert-OH is 1. The average Bonchev–Trinajstić information content (AvgIpc) is 2.90. The van der Waals surface area contributed by atoms with Crippen LogP contribution in [0.2, 0.25) is 0 Å². The van der Waals surface area contributed by atoms with Gasteiger partial charge in [-0.05, 0) is 12.1 Å². The zero-order valence-electron chi connectivity index (χ0n) is 9.54. The van der Waals surface area contributed by atoms with E-state index in [4.69, 9.17) is 10.8 Å². The Morgan fingerprint density at radius 3 is 2.76 bits per heavy atom. The van der Waals surface area contributed by atoms with Gasteiger partial charge < -0.3 is 15.4 Å². The number of para-hydroxylation sites is 2. The summed E-state index contributed by atoms with van der Waals surface area (Å²) in [5.74, 6) is 0.838. The second kappa shape index (κ2) is 3.58. The molecule has 3 aromatic rings. The van der Waals surface area contributed by atoms with Gasteiger partial charge in [0.25, 0.3) is 0 Å². The lowest BCUT2D eigenvalue weighted by atomic mass is 10.2. The molecule has 3 rings (SSSR count). The molecule has 17 heavy (non-hydrogen) atoms. The molecule has 3 N–H and O–H groups in total. The van der Waals surface area contributed by atoms with Crippen LogP contribution in [0.3, 0.4) is 0 Å². The van der Waals surface area contributed by atoms with E-state index in [0.717, 1.165) is 16.8 Å². The Morgan fingerprint density at radius 1 is 1.35 bits per heavy atom. The topological polar surface area (TPSA) is 68.5 Å². The first-order valence-corrected chi connectivity index (χ1v) is 5.51. The van der Waals surface area contributed by atoms with Crippen molar-refractivity contribution >= 4 is 16.8 Å². The van der Waals surface area contributed by atoms with Crippen LogP contribution in [0.15, 0.2) is 30.5 Å². The number of hydrogen-bond donors (Lipinski definition) is 2. The summed E-state index contributed by atoms with van der Waals surface area (Å²) in [6.45, 7) is -0.0954. The summed E-state index contributed by atoms with van der Waals surface area (Å²) in [6, 6.07) is 7.66. The molecule has 5 heteroatoms. The third-order valence-corrected chi connectivity index (χ3v) is 3.09. The lowest BCUT2D eigenvalue weighted by Crippen LogP contribution is -2.14. The number of aromatic nitrogens is 3. The van der Waals surface area contributed by atoms with Crippen LogP contribution in [0.25, 0.3) is 16.8 Å². The Morgan fingerprint density at radius 2 is 2.06 bits per heavy atom. The summed E-state index contributed by atoms with van der Waals surface area (Å²) in [4.78, 5) is 4.46. The van der Waals surface area contributed by atoms with E-state index < -0.39 is 6.04 Å². The maximum absolute atomic E-state index is 9.05. The van der Waals surface area contributed by atoms with Crippen LogP contribution in [-0.2, 0) is 7.05 Å². The molecule has 1 aromatic carbocycles. The van der Waals surface area contributed by atoms with Gasteiger partial charge in [0, 0.05) is 13.2 Å². The Hall–Kier alpha value is -1.85. The van der Waals surface area contributed by atoms with Crippen LogP contribution in [0.5, 0.6) is 0 Å². The summed E-state index contributed by atoms with van der Waals surface area (Å²) in [7, 11) is 1.97. The van der Waals surface area contributed by atoms with E-state index in [9.17, 15) is 0 Å². The first kappa shape index (κ1) is 10.3. The number of nitrogens with two attached hydrogens (primary N) is 1. The second-order valence-electron chi connectivity index (χ2n) is 4.17. The molecule has 5 nitrogen and oxygen atoms in total. The van der Waals surface area contributed by atoms with E-state index in [-0.39, 0.29) is 6.61 Å². The van der Waals surface area contributed by atoms with Gasteiger partial charge in [0.1, 0.15) is 0 Å². The molecule has 1 unspecified atom stereocenters. The van der Waals surface area contributed by atoms with Crippen LogP contribution < -0.4 is 5.73 Å². The van der Waals surface area contributed by atoms with Crippen molar-refractivity contribution in [3.63, 3.8) is 0 Å². The number of hydrogen-bond acceptors (Lipinski definition) is 3. The van der Waals surface area contributed by atoms with Gasteiger partial charge in [-0.2, -0.15) is 0 Å². The molecule has 2 aromatic heterocycles. The van der Waals surface area contributed by atoms with Gasteiger partial charge in [-0.25, -0.2) is 4.98 Å². The SMILES string of the molecule is Cn1c2ccccc2n2cc(C(N)CO)nc12. The van der Waals surface area contributed by atoms with Crippen molar-refractivity contribution in [1.29, 1.82) is 0 Å². The number of benzene rings is 1. The van der Waals surface area contributed by atoms with Crippen molar-refractivity contribution in [2.24, 2.45) is 12.8 Å². The number of rotatable bonds is 2. The molecule has 0 aliphatic carbocycles. The fourth-order valence-electron chi connectivity index (χ4n) is 2.13. The summed E-state index contributed by atoms with van der Waals surface area (Å²) in [6.07, 6.45) is 1.89. The molecule has 1 atom stereocenters. The Labute approximate surface area is 98.1 Å². The van der Waals surface area contributed by atoms with Crippen LogP contribution in [0.1, 0.15) is 11.7 Å². The normalized spacial score (nSPS) is 13.6. The molecule has 88 valence electrons. The van der Waals surface area contributed by atoms with Crippen LogP contribution in [-0.4, -0.2) is 25.7 Å². The predicted octanol–water partition coefficient (Wildman–Crippen LogP) is 0.818. The molecule has 0 saturated heterocycles. The first-order valence-electron chi connectivity index (χ1n) is 5.51. The van der Waals surface area contributed by atoms with Crippen molar-refractivity contribution in [1.82, 2.24) is 14.0 Å². The van der Waals surface area contributed by atoms with E-state index >= 15 is 0 Å². The Kier molecular flexibility index (Phi) is 2.17. The summed E-state index contributed by atoms with van der Waals surface area (Å²) < 4.78 is 4.02. The van der Waals surface area contributed by atoms with Gasteiger partial charge in [-0.15, -0.1) is 0 Å². The number of aryl methyl sites for hydroxylation is 1. The van der Waals surface area contributed by atoms with Crippen molar-refractivity contribution in [3.8, 4) is 0 Å². The largest absolute Gasteiger partial charge is 0.394 e. The minimum atomic E-state index is -0.423. The van der Waals surface area contributed by atoms with Gasteiger partial charge >= 0.3 is 0 Å².